The highest BCUT2D eigenvalue weighted by atomic mass is 32.2. The third-order valence-electron chi connectivity index (χ3n) is 1.99. The minimum atomic E-state index is -3.32. The van der Waals surface area contributed by atoms with Crippen molar-refractivity contribution in [2.45, 2.75) is 25.2 Å². The van der Waals surface area contributed by atoms with Gasteiger partial charge in [-0.2, -0.15) is 0 Å². The Bertz CT molecular complexity index is 424. The van der Waals surface area contributed by atoms with Crippen LogP contribution in [0, 0.1) is 13.0 Å². The predicted molar refractivity (Wildman–Crippen MR) is 55.6 cm³/mol. The monoisotopic (exact) mass is 212 g/mol. The van der Waals surface area contributed by atoms with E-state index in [4.69, 9.17) is 0 Å². The molecule has 1 N–H and O–H groups in total. The van der Waals surface area contributed by atoms with Crippen molar-refractivity contribution >= 4 is 10.0 Å². The van der Waals surface area contributed by atoms with Crippen molar-refractivity contribution in [2.24, 2.45) is 0 Å². The van der Waals surface area contributed by atoms with Gasteiger partial charge in [0.1, 0.15) is 0 Å². The molecule has 1 aromatic rings. The van der Waals surface area contributed by atoms with Crippen LogP contribution in [0.25, 0.3) is 0 Å². The number of aryl methyl sites for hydroxylation is 2. The molecule has 4 heteroatoms. The molecule has 0 fully saturated rings. The van der Waals surface area contributed by atoms with Crippen LogP contribution in [0.2, 0.25) is 0 Å². The SMILES string of the molecule is CCc1[c]c(C)cc(S(=O)(=O)NC)c1. The zero-order chi connectivity index (χ0) is 10.8. The lowest BCUT2D eigenvalue weighted by Crippen LogP contribution is -2.18. The lowest BCUT2D eigenvalue weighted by Gasteiger charge is -2.05. The summed E-state index contributed by atoms with van der Waals surface area (Å²) in [6, 6.07) is 6.37. The molecular weight excluding hydrogens is 198 g/mol. The van der Waals surface area contributed by atoms with Crippen LogP contribution in [0.3, 0.4) is 0 Å². The summed E-state index contributed by atoms with van der Waals surface area (Å²) < 4.78 is 25.3. The van der Waals surface area contributed by atoms with Crippen molar-refractivity contribution in [1.29, 1.82) is 0 Å². The largest absolute Gasteiger partial charge is 0.240 e. The summed E-state index contributed by atoms with van der Waals surface area (Å²) in [4.78, 5) is 0.313. The van der Waals surface area contributed by atoms with Crippen molar-refractivity contribution in [2.75, 3.05) is 7.05 Å². The van der Waals surface area contributed by atoms with Crippen molar-refractivity contribution in [1.82, 2.24) is 4.72 Å². The highest BCUT2D eigenvalue weighted by Gasteiger charge is 2.12. The summed E-state index contributed by atoms with van der Waals surface area (Å²) in [6.07, 6.45) is 0.786. The van der Waals surface area contributed by atoms with Crippen LogP contribution in [0.5, 0.6) is 0 Å². The molecule has 0 spiro atoms. The Morgan fingerprint density at radius 3 is 2.57 bits per heavy atom. The lowest BCUT2D eigenvalue weighted by atomic mass is 10.1. The summed E-state index contributed by atoms with van der Waals surface area (Å²) in [5.74, 6) is 0. The highest BCUT2D eigenvalue weighted by Crippen LogP contribution is 2.14. The van der Waals surface area contributed by atoms with Crippen LogP contribution in [0.4, 0.5) is 0 Å². The molecule has 1 aromatic carbocycles. The Balaban J connectivity index is 3.29. The fourth-order valence-corrected chi connectivity index (χ4v) is 2.08. The molecule has 1 rings (SSSR count). The van der Waals surface area contributed by atoms with Gasteiger partial charge >= 0.3 is 0 Å². The van der Waals surface area contributed by atoms with Crippen LogP contribution in [0.1, 0.15) is 18.1 Å². The molecule has 0 atom stereocenters. The first kappa shape index (κ1) is 11.2. The molecule has 0 heterocycles. The summed E-state index contributed by atoms with van der Waals surface area (Å²) >= 11 is 0. The Hall–Kier alpha value is -0.870. The van der Waals surface area contributed by atoms with E-state index >= 15 is 0 Å². The van der Waals surface area contributed by atoms with E-state index in [1.807, 2.05) is 13.8 Å². The van der Waals surface area contributed by atoms with Gasteiger partial charge in [0, 0.05) is 0 Å². The lowest BCUT2D eigenvalue weighted by molar-refractivity contribution is 0.588. The van der Waals surface area contributed by atoms with Gasteiger partial charge in [0.15, 0.2) is 0 Å². The number of nitrogens with one attached hydrogen (secondary N) is 1. The van der Waals surface area contributed by atoms with E-state index < -0.39 is 10.0 Å². The second-order valence-corrected chi connectivity index (χ2v) is 4.97. The molecule has 0 aromatic heterocycles. The second kappa shape index (κ2) is 4.11. The first-order valence-corrected chi connectivity index (χ1v) is 5.94. The van der Waals surface area contributed by atoms with Crippen LogP contribution in [-0.4, -0.2) is 15.5 Å². The Morgan fingerprint density at radius 1 is 1.43 bits per heavy atom. The zero-order valence-electron chi connectivity index (χ0n) is 8.59. The maximum atomic E-state index is 11.5. The van der Waals surface area contributed by atoms with E-state index in [1.54, 1.807) is 12.1 Å². The highest BCUT2D eigenvalue weighted by molar-refractivity contribution is 7.89. The van der Waals surface area contributed by atoms with E-state index in [-0.39, 0.29) is 0 Å². The van der Waals surface area contributed by atoms with Crippen molar-refractivity contribution in [3.05, 3.63) is 29.3 Å². The molecular formula is C10H14NO2S. The molecule has 0 saturated heterocycles. The molecule has 1 radical (unpaired) electrons. The molecule has 0 unspecified atom stereocenters. The van der Waals surface area contributed by atoms with Crippen molar-refractivity contribution in [3.63, 3.8) is 0 Å². The maximum Gasteiger partial charge on any atom is 0.240 e. The van der Waals surface area contributed by atoms with Gasteiger partial charge in [0.05, 0.1) is 4.90 Å². The summed E-state index contributed by atoms with van der Waals surface area (Å²) in [5, 5.41) is 0. The van der Waals surface area contributed by atoms with Crippen LogP contribution in [-0.2, 0) is 16.4 Å². The van der Waals surface area contributed by atoms with Gasteiger partial charge in [-0.25, -0.2) is 13.1 Å². The van der Waals surface area contributed by atoms with E-state index in [0.29, 0.717) is 4.90 Å². The average molecular weight is 212 g/mol. The normalized spacial score (nSPS) is 11.6. The number of benzene rings is 1. The average Bonchev–Trinajstić information content (AvgIpc) is 2.16. The summed E-state index contributed by atoms with van der Waals surface area (Å²) in [6.45, 7) is 3.81. The van der Waals surface area contributed by atoms with E-state index in [9.17, 15) is 8.42 Å². The third kappa shape index (κ3) is 2.33. The topological polar surface area (TPSA) is 46.2 Å². The molecule has 0 bridgehead atoms. The molecule has 0 aliphatic heterocycles. The van der Waals surface area contributed by atoms with Gasteiger partial charge in [-0.3, -0.25) is 0 Å². The third-order valence-corrected chi connectivity index (χ3v) is 3.39. The molecule has 0 amide bonds. The molecule has 0 saturated carbocycles. The van der Waals surface area contributed by atoms with Gasteiger partial charge < -0.3 is 0 Å². The standard InChI is InChI=1S/C10H14NO2S/c1-4-9-5-8(2)6-10(7-9)14(12,13)11-3/h6-7,11H,4H2,1-3H3. The Morgan fingerprint density at radius 2 is 2.07 bits per heavy atom. The van der Waals surface area contributed by atoms with Gasteiger partial charge in [0.2, 0.25) is 10.0 Å². The molecule has 3 nitrogen and oxygen atoms in total. The van der Waals surface area contributed by atoms with Crippen molar-refractivity contribution in [3.8, 4) is 0 Å². The smallest absolute Gasteiger partial charge is 0.214 e. The minimum absolute atomic E-state index is 0.313. The number of hydrogen-bond donors (Lipinski definition) is 1. The first-order valence-electron chi connectivity index (χ1n) is 4.46. The number of rotatable bonds is 3. The van der Waals surface area contributed by atoms with E-state index in [0.717, 1.165) is 17.5 Å². The second-order valence-electron chi connectivity index (χ2n) is 3.09. The Labute approximate surface area is 85.2 Å². The fourth-order valence-electron chi connectivity index (χ4n) is 1.22. The summed E-state index contributed by atoms with van der Waals surface area (Å²) in [5.41, 5.74) is 1.76. The van der Waals surface area contributed by atoms with Gasteiger partial charge in [0.25, 0.3) is 0 Å². The Kier molecular flexibility index (Phi) is 3.29. The number of hydrogen-bond acceptors (Lipinski definition) is 2. The van der Waals surface area contributed by atoms with Crippen LogP contribution in [0.15, 0.2) is 17.0 Å². The van der Waals surface area contributed by atoms with Crippen LogP contribution < -0.4 is 4.72 Å². The van der Waals surface area contributed by atoms with Crippen molar-refractivity contribution < 1.29 is 8.42 Å². The molecule has 14 heavy (non-hydrogen) atoms. The predicted octanol–water partition coefficient (Wildman–Crippen LogP) is 1.27. The van der Waals surface area contributed by atoms with Gasteiger partial charge in [-0.05, 0) is 49.7 Å². The van der Waals surface area contributed by atoms with Gasteiger partial charge in [-0.1, -0.05) is 6.92 Å². The molecule has 0 aliphatic carbocycles. The first-order chi connectivity index (χ1) is 6.49. The molecule has 77 valence electrons. The zero-order valence-corrected chi connectivity index (χ0v) is 9.40. The fraction of sp³-hybridized carbons (Fsp3) is 0.400. The van der Waals surface area contributed by atoms with E-state index in [1.165, 1.54) is 7.05 Å². The number of sulfonamides is 1. The van der Waals surface area contributed by atoms with Crippen LogP contribution >= 0.6 is 0 Å². The maximum absolute atomic E-state index is 11.5. The van der Waals surface area contributed by atoms with E-state index in [2.05, 4.69) is 10.8 Å². The summed E-state index contributed by atoms with van der Waals surface area (Å²) in [7, 11) is -1.91. The molecule has 0 aliphatic rings. The quantitative estimate of drug-likeness (QED) is 0.820. The minimum Gasteiger partial charge on any atom is -0.214 e. The van der Waals surface area contributed by atoms with Gasteiger partial charge in [-0.15, -0.1) is 0 Å².